The molecule has 16 heteroatoms. The number of rotatable bonds is 9. The Hall–Kier alpha value is -4.63. The number of amides is 6. The van der Waals surface area contributed by atoms with E-state index in [1.54, 1.807) is 0 Å². The van der Waals surface area contributed by atoms with E-state index in [0.29, 0.717) is 25.3 Å². The second kappa shape index (κ2) is 17.5. The minimum atomic E-state index is -1.54. The molecule has 4 rings (SSSR count). The maximum atomic E-state index is 14.2. The van der Waals surface area contributed by atoms with Crippen molar-refractivity contribution in [3.8, 4) is 0 Å². The fraction of sp³-hybridized carbons (Fsp3) is 0.629. The average molecular weight is 719 g/mol. The Morgan fingerprint density at radius 2 is 1.55 bits per heavy atom. The van der Waals surface area contributed by atoms with Crippen LogP contribution >= 0.6 is 0 Å². The molecule has 6 amide bonds. The minimum Gasteiger partial charge on any atom is -0.461 e. The summed E-state index contributed by atoms with van der Waals surface area (Å²) < 4.78 is 33.8. The van der Waals surface area contributed by atoms with Crippen molar-refractivity contribution in [3.05, 3.63) is 35.4 Å². The highest BCUT2D eigenvalue weighted by Gasteiger charge is 2.43. The maximum Gasteiger partial charge on any atom is 0.328 e. The minimum absolute atomic E-state index is 0.0730. The molecule has 0 saturated carbocycles. The lowest BCUT2D eigenvalue weighted by Crippen LogP contribution is -2.60. The number of esters is 1. The van der Waals surface area contributed by atoms with Crippen LogP contribution in [0.25, 0.3) is 0 Å². The van der Waals surface area contributed by atoms with Crippen LogP contribution in [0.3, 0.4) is 0 Å². The van der Waals surface area contributed by atoms with Crippen molar-refractivity contribution >= 4 is 41.4 Å². The number of fused-ring (bicyclic) bond motifs is 2. The summed E-state index contributed by atoms with van der Waals surface area (Å²) in [4.78, 5) is 98.2. The van der Waals surface area contributed by atoms with Crippen LogP contribution in [0.2, 0.25) is 0 Å². The van der Waals surface area contributed by atoms with Crippen molar-refractivity contribution in [3.63, 3.8) is 0 Å². The Labute approximate surface area is 296 Å². The van der Waals surface area contributed by atoms with Crippen LogP contribution in [0.5, 0.6) is 0 Å². The lowest BCUT2D eigenvalue weighted by Gasteiger charge is -2.34. The molecule has 0 spiro atoms. The lowest BCUT2D eigenvalue weighted by atomic mass is 10.0. The molecule has 0 bridgehead atoms. The highest BCUT2D eigenvalue weighted by atomic mass is 19.1. The first-order chi connectivity index (χ1) is 24.2. The fourth-order valence-corrected chi connectivity index (χ4v) is 6.69. The third kappa shape index (κ3) is 9.79. The zero-order valence-corrected chi connectivity index (χ0v) is 29.5. The summed E-state index contributed by atoms with van der Waals surface area (Å²) in [6.45, 7) is 4.63. The Balaban J connectivity index is 1.66. The molecule has 3 N–H and O–H groups in total. The molecular formula is C35H48F2N6O8. The number of hydrogen-bond donors (Lipinski definition) is 3. The summed E-state index contributed by atoms with van der Waals surface area (Å²) >= 11 is 0. The van der Waals surface area contributed by atoms with Gasteiger partial charge in [0.1, 0.15) is 54.5 Å². The smallest absolute Gasteiger partial charge is 0.328 e. The van der Waals surface area contributed by atoms with E-state index in [4.69, 9.17) is 4.74 Å². The number of hydrogen-bond acceptors (Lipinski definition) is 8. The second-order valence-corrected chi connectivity index (χ2v) is 13.5. The molecule has 0 aromatic heterocycles. The standard InChI is InChI=1S/C35H48F2N6O8/c1-5-6-7-12-29(44)39-25(17-22-15-23(36)18-24(37)16-22)31(46)40-26-19-51-35(50)28-11-9-14-43(28)32(47)20(2)38-30(45)21(3)41(4)34(49)27-10-8-13-42(27)33(26)48/h15-16,18,20-21,25-28H,5-14,17,19H2,1-4H3,(H,38,45)(H,39,44)(H,40,46)/t20-,21-,25-,26-,27-,28-/m0/s1. The van der Waals surface area contributed by atoms with Crippen LogP contribution < -0.4 is 16.0 Å². The van der Waals surface area contributed by atoms with Crippen molar-refractivity contribution in [1.82, 2.24) is 30.7 Å². The van der Waals surface area contributed by atoms with Crippen LogP contribution in [0, 0.1) is 11.6 Å². The topological polar surface area (TPSA) is 175 Å². The molecule has 3 fully saturated rings. The van der Waals surface area contributed by atoms with Gasteiger partial charge in [0.15, 0.2) is 0 Å². The van der Waals surface area contributed by atoms with Crippen LogP contribution in [0.4, 0.5) is 8.78 Å². The van der Waals surface area contributed by atoms with Gasteiger partial charge in [-0.25, -0.2) is 13.6 Å². The number of cyclic esters (lactones) is 1. The number of nitrogens with zero attached hydrogens (tertiary/aromatic N) is 3. The van der Waals surface area contributed by atoms with Crippen molar-refractivity contribution < 1.29 is 47.1 Å². The van der Waals surface area contributed by atoms with Gasteiger partial charge in [-0.15, -0.1) is 0 Å². The van der Waals surface area contributed by atoms with Crippen molar-refractivity contribution in [2.45, 2.75) is 115 Å². The predicted molar refractivity (Wildman–Crippen MR) is 178 cm³/mol. The molecule has 51 heavy (non-hydrogen) atoms. The first kappa shape index (κ1) is 39.2. The van der Waals surface area contributed by atoms with Gasteiger partial charge in [0, 0.05) is 39.0 Å². The highest BCUT2D eigenvalue weighted by molar-refractivity contribution is 5.97. The van der Waals surface area contributed by atoms with Gasteiger partial charge >= 0.3 is 5.97 Å². The molecule has 3 heterocycles. The number of likely N-dealkylation sites (N-methyl/N-ethyl adjacent to an activating group) is 1. The van der Waals surface area contributed by atoms with E-state index < -0.39 is 95.9 Å². The monoisotopic (exact) mass is 718 g/mol. The van der Waals surface area contributed by atoms with Gasteiger partial charge in [0.25, 0.3) is 0 Å². The SMILES string of the molecule is CCCCCC(=O)N[C@@H](Cc1cc(F)cc(F)c1)C(=O)N[C@H]1COC(=O)[C@@H]2CCCN2C(=O)[C@H](C)NC(=O)[C@H](C)N(C)C(=O)[C@@H]2CCCN2C1=O. The molecule has 3 aliphatic heterocycles. The first-order valence-corrected chi connectivity index (χ1v) is 17.6. The van der Waals surface area contributed by atoms with E-state index in [1.165, 1.54) is 35.6 Å². The molecular weight excluding hydrogens is 670 g/mol. The van der Waals surface area contributed by atoms with Gasteiger partial charge in [-0.1, -0.05) is 19.8 Å². The molecule has 0 unspecified atom stereocenters. The molecule has 1 aromatic carbocycles. The third-order valence-corrected chi connectivity index (χ3v) is 9.69. The van der Waals surface area contributed by atoms with E-state index in [9.17, 15) is 42.3 Å². The van der Waals surface area contributed by atoms with Gasteiger partial charge in [-0.2, -0.15) is 0 Å². The summed E-state index contributed by atoms with van der Waals surface area (Å²) in [6, 6.07) is -4.23. The average Bonchev–Trinajstić information content (AvgIpc) is 3.78. The molecule has 6 atom stereocenters. The predicted octanol–water partition coefficient (Wildman–Crippen LogP) is 0.948. The lowest BCUT2D eigenvalue weighted by molar-refractivity contribution is -0.158. The molecule has 0 aliphatic carbocycles. The zero-order chi connectivity index (χ0) is 37.4. The second-order valence-electron chi connectivity index (χ2n) is 13.5. The number of carbonyl (C=O) groups excluding carboxylic acids is 7. The fourth-order valence-electron chi connectivity index (χ4n) is 6.69. The summed E-state index contributed by atoms with van der Waals surface area (Å²) in [7, 11) is 1.42. The normalized spacial score (nSPS) is 25.6. The number of nitrogens with one attached hydrogen (secondary N) is 3. The summed E-state index contributed by atoms with van der Waals surface area (Å²) in [6.07, 6.45) is 3.36. The van der Waals surface area contributed by atoms with Gasteiger partial charge in [0.05, 0.1) is 0 Å². The number of ether oxygens (including phenoxy) is 1. The molecule has 3 saturated heterocycles. The highest BCUT2D eigenvalue weighted by Crippen LogP contribution is 2.23. The Morgan fingerprint density at radius 3 is 2.20 bits per heavy atom. The zero-order valence-electron chi connectivity index (χ0n) is 29.5. The summed E-state index contributed by atoms with van der Waals surface area (Å²) in [5, 5.41) is 7.80. The number of halogens is 2. The van der Waals surface area contributed by atoms with Crippen LogP contribution in [0.1, 0.15) is 77.7 Å². The number of unbranched alkanes of at least 4 members (excludes halogenated alkanes) is 2. The Kier molecular flexibility index (Phi) is 13.5. The largest absolute Gasteiger partial charge is 0.461 e. The van der Waals surface area contributed by atoms with Gasteiger partial charge in [0.2, 0.25) is 35.4 Å². The van der Waals surface area contributed by atoms with Crippen molar-refractivity contribution in [2.24, 2.45) is 0 Å². The molecule has 1 aromatic rings. The van der Waals surface area contributed by atoms with Crippen molar-refractivity contribution in [2.75, 3.05) is 26.7 Å². The van der Waals surface area contributed by atoms with E-state index in [0.717, 1.165) is 25.0 Å². The van der Waals surface area contributed by atoms with E-state index in [2.05, 4.69) is 16.0 Å². The number of carbonyl (C=O) groups is 7. The van der Waals surface area contributed by atoms with E-state index in [-0.39, 0.29) is 44.3 Å². The van der Waals surface area contributed by atoms with Crippen LogP contribution in [0.15, 0.2) is 18.2 Å². The quantitative estimate of drug-likeness (QED) is 0.250. The first-order valence-electron chi connectivity index (χ1n) is 17.6. The van der Waals surface area contributed by atoms with Crippen LogP contribution in [-0.4, -0.2) is 119 Å². The number of benzene rings is 1. The van der Waals surface area contributed by atoms with Gasteiger partial charge in [-0.3, -0.25) is 28.8 Å². The molecule has 280 valence electrons. The molecule has 14 nitrogen and oxygen atoms in total. The molecule has 0 radical (unpaired) electrons. The third-order valence-electron chi connectivity index (χ3n) is 9.69. The van der Waals surface area contributed by atoms with Gasteiger partial charge < -0.3 is 35.4 Å². The van der Waals surface area contributed by atoms with Crippen LogP contribution in [-0.2, 0) is 44.7 Å². The Morgan fingerprint density at radius 1 is 0.922 bits per heavy atom. The van der Waals surface area contributed by atoms with Gasteiger partial charge in [-0.05, 0) is 63.6 Å². The van der Waals surface area contributed by atoms with E-state index >= 15 is 0 Å². The maximum absolute atomic E-state index is 14.2. The van der Waals surface area contributed by atoms with E-state index in [1.807, 2.05) is 6.92 Å². The summed E-state index contributed by atoms with van der Waals surface area (Å²) in [5.41, 5.74) is 0.0730. The van der Waals surface area contributed by atoms with Crippen molar-refractivity contribution in [1.29, 1.82) is 0 Å². The molecule has 3 aliphatic rings. The Bertz CT molecular complexity index is 1490. The summed E-state index contributed by atoms with van der Waals surface area (Å²) in [5.74, 6) is -6.36.